The summed E-state index contributed by atoms with van der Waals surface area (Å²) < 4.78 is 0. The fourth-order valence-electron chi connectivity index (χ4n) is 1.48. The lowest BCUT2D eigenvalue weighted by Gasteiger charge is -2.16. The minimum atomic E-state index is -1.21. The Morgan fingerprint density at radius 2 is 2.24 bits per heavy atom. The van der Waals surface area contributed by atoms with Crippen LogP contribution in [0.4, 0.5) is 4.79 Å². The third kappa shape index (κ3) is 4.27. The molecule has 0 saturated carbocycles. The van der Waals surface area contributed by atoms with Crippen molar-refractivity contribution in [2.45, 2.75) is 24.9 Å². The van der Waals surface area contributed by atoms with Gasteiger partial charge in [0.1, 0.15) is 6.04 Å². The number of hydrogen-bond donors (Lipinski definition) is 5. The van der Waals surface area contributed by atoms with Gasteiger partial charge in [0, 0.05) is 26.0 Å². The Hall–Kier alpha value is -1.83. The monoisotopic (exact) mass is 245 g/mol. The van der Waals surface area contributed by atoms with Crippen molar-refractivity contribution in [1.82, 2.24) is 16.0 Å². The quantitative estimate of drug-likeness (QED) is 0.383. The van der Waals surface area contributed by atoms with Crippen LogP contribution in [0, 0.1) is 0 Å². The van der Waals surface area contributed by atoms with Gasteiger partial charge in [-0.15, -0.1) is 0 Å². The standard InChI is InChI=1S/C9H15N3O5/c13-2-1-6(8(15)16)12-9(17)11-5-3-7(14)10-4-5/h5-6,13H,1-4H2,(H,10,14)(H,15,16)(H2,11,12,17). The topological polar surface area (TPSA) is 128 Å². The molecule has 2 atom stereocenters. The second-order valence-corrected chi connectivity index (χ2v) is 3.73. The number of nitrogens with one attached hydrogen (secondary N) is 3. The van der Waals surface area contributed by atoms with Crippen LogP contribution in [0.25, 0.3) is 0 Å². The van der Waals surface area contributed by atoms with Crippen LogP contribution in [-0.4, -0.2) is 53.4 Å². The van der Waals surface area contributed by atoms with E-state index in [2.05, 4.69) is 16.0 Å². The van der Waals surface area contributed by atoms with E-state index in [1.54, 1.807) is 0 Å². The summed E-state index contributed by atoms with van der Waals surface area (Å²) in [5, 5.41) is 24.6. The summed E-state index contributed by atoms with van der Waals surface area (Å²) in [7, 11) is 0. The number of carbonyl (C=O) groups is 3. The number of carboxylic acids is 1. The molecule has 2 unspecified atom stereocenters. The lowest BCUT2D eigenvalue weighted by Crippen LogP contribution is -2.49. The van der Waals surface area contributed by atoms with E-state index in [0.29, 0.717) is 6.54 Å². The Balaban J connectivity index is 2.36. The van der Waals surface area contributed by atoms with E-state index < -0.39 is 18.0 Å². The van der Waals surface area contributed by atoms with Crippen molar-refractivity contribution in [3.05, 3.63) is 0 Å². The molecule has 96 valence electrons. The zero-order valence-corrected chi connectivity index (χ0v) is 9.10. The molecule has 8 nitrogen and oxygen atoms in total. The fraction of sp³-hybridized carbons (Fsp3) is 0.667. The zero-order valence-electron chi connectivity index (χ0n) is 9.10. The van der Waals surface area contributed by atoms with Gasteiger partial charge in [-0.1, -0.05) is 0 Å². The van der Waals surface area contributed by atoms with E-state index in [4.69, 9.17) is 10.2 Å². The Labute approximate surface area is 97.4 Å². The molecule has 17 heavy (non-hydrogen) atoms. The molecule has 1 aliphatic heterocycles. The number of aliphatic hydroxyl groups is 1. The molecule has 5 N–H and O–H groups in total. The Kier molecular flexibility index (Phi) is 4.70. The van der Waals surface area contributed by atoms with Crippen LogP contribution in [0.15, 0.2) is 0 Å². The molecule has 0 aliphatic carbocycles. The second-order valence-electron chi connectivity index (χ2n) is 3.73. The van der Waals surface area contributed by atoms with Gasteiger partial charge in [0.25, 0.3) is 0 Å². The molecular weight excluding hydrogens is 230 g/mol. The molecule has 3 amide bonds. The lowest BCUT2D eigenvalue weighted by atomic mass is 10.2. The molecule has 1 aliphatic rings. The highest BCUT2D eigenvalue weighted by Crippen LogP contribution is 1.99. The van der Waals surface area contributed by atoms with Crippen molar-refractivity contribution in [2.75, 3.05) is 13.2 Å². The minimum absolute atomic E-state index is 0.0649. The van der Waals surface area contributed by atoms with Gasteiger partial charge in [-0.3, -0.25) is 4.79 Å². The van der Waals surface area contributed by atoms with Gasteiger partial charge >= 0.3 is 12.0 Å². The van der Waals surface area contributed by atoms with Crippen LogP contribution in [-0.2, 0) is 9.59 Å². The van der Waals surface area contributed by atoms with Crippen LogP contribution >= 0.6 is 0 Å². The van der Waals surface area contributed by atoms with E-state index in [9.17, 15) is 14.4 Å². The molecule has 8 heteroatoms. The van der Waals surface area contributed by atoms with Crippen LogP contribution in [0.3, 0.4) is 0 Å². The first kappa shape index (κ1) is 13.2. The third-order valence-electron chi connectivity index (χ3n) is 2.33. The SMILES string of the molecule is O=C1CC(NC(=O)NC(CCO)C(=O)O)CN1. The van der Waals surface area contributed by atoms with E-state index in [0.717, 1.165) is 0 Å². The number of rotatable bonds is 5. The van der Waals surface area contributed by atoms with Gasteiger partial charge in [0.05, 0.1) is 6.04 Å². The van der Waals surface area contributed by atoms with Gasteiger partial charge in [0.15, 0.2) is 0 Å². The molecule has 1 rings (SSSR count). The molecule has 1 fully saturated rings. The number of carboxylic acid groups (broad SMARTS) is 1. The van der Waals surface area contributed by atoms with Crippen LogP contribution < -0.4 is 16.0 Å². The molecule has 1 heterocycles. The highest BCUT2D eigenvalue weighted by atomic mass is 16.4. The summed E-state index contributed by atoms with van der Waals surface area (Å²) in [5.41, 5.74) is 0. The molecular formula is C9H15N3O5. The van der Waals surface area contributed by atoms with Crippen LogP contribution in [0.1, 0.15) is 12.8 Å². The predicted octanol–water partition coefficient (Wildman–Crippen LogP) is -1.99. The maximum Gasteiger partial charge on any atom is 0.326 e. The van der Waals surface area contributed by atoms with Gasteiger partial charge in [0.2, 0.25) is 5.91 Å². The number of aliphatic hydroxyl groups excluding tert-OH is 1. The first-order valence-corrected chi connectivity index (χ1v) is 5.20. The highest BCUT2D eigenvalue weighted by molar-refractivity contribution is 5.84. The number of aliphatic carboxylic acids is 1. The van der Waals surface area contributed by atoms with Gasteiger partial charge in [-0.2, -0.15) is 0 Å². The van der Waals surface area contributed by atoms with Gasteiger partial charge in [-0.05, 0) is 0 Å². The summed E-state index contributed by atoms with van der Waals surface area (Å²) in [4.78, 5) is 32.9. The first-order chi connectivity index (χ1) is 8.02. The summed E-state index contributed by atoms with van der Waals surface area (Å²) in [6.07, 6.45) is 0.121. The number of urea groups is 1. The summed E-state index contributed by atoms with van der Waals surface area (Å²) in [5.74, 6) is -1.37. The molecule has 0 bridgehead atoms. The Bertz CT molecular complexity index is 320. The first-order valence-electron chi connectivity index (χ1n) is 5.20. The van der Waals surface area contributed by atoms with E-state index in [-0.39, 0.29) is 31.4 Å². The molecule has 1 saturated heterocycles. The number of carbonyl (C=O) groups excluding carboxylic acids is 2. The summed E-state index contributed by atoms with van der Waals surface area (Å²) in [6.45, 7) is 0.00467. The Morgan fingerprint density at radius 3 is 2.71 bits per heavy atom. The summed E-state index contributed by atoms with van der Waals surface area (Å²) in [6, 6.07) is -2.12. The average Bonchev–Trinajstić information content (AvgIpc) is 2.63. The smallest absolute Gasteiger partial charge is 0.326 e. The maximum atomic E-state index is 11.4. The van der Waals surface area contributed by atoms with E-state index in [1.807, 2.05) is 0 Å². The number of hydrogen-bond acceptors (Lipinski definition) is 4. The minimum Gasteiger partial charge on any atom is -0.480 e. The molecule has 0 spiro atoms. The Morgan fingerprint density at radius 1 is 1.53 bits per heavy atom. The van der Waals surface area contributed by atoms with E-state index in [1.165, 1.54) is 0 Å². The zero-order chi connectivity index (χ0) is 12.8. The average molecular weight is 245 g/mol. The van der Waals surface area contributed by atoms with Crippen molar-refractivity contribution in [3.63, 3.8) is 0 Å². The predicted molar refractivity (Wildman–Crippen MR) is 56.2 cm³/mol. The largest absolute Gasteiger partial charge is 0.480 e. The van der Waals surface area contributed by atoms with Crippen molar-refractivity contribution in [1.29, 1.82) is 0 Å². The van der Waals surface area contributed by atoms with Crippen molar-refractivity contribution in [3.8, 4) is 0 Å². The third-order valence-corrected chi connectivity index (χ3v) is 2.33. The second kappa shape index (κ2) is 6.04. The summed E-state index contributed by atoms with van der Waals surface area (Å²) >= 11 is 0. The van der Waals surface area contributed by atoms with Gasteiger partial charge in [-0.25, -0.2) is 9.59 Å². The van der Waals surface area contributed by atoms with Crippen molar-refractivity contribution < 1.29 is 24.6 Å². The maximum absolute atomic E-state index is 11.4. The van der Waals surface area contributed by atoms with Crippen molar-refractivity contribution >= 4 is 17.9 Å². The van der Waals surface area contributed by atoms with Crippen LogP contribution in [0.2, 0.25) is 0 Å². The molecule has 0 aromatic rings. The fourth-order valence-corrected chi connectivity index (χ4v) is 1.48. The van der Waals surface area contributed by atoms with E-state index >= 15 is 0 Å². The number of amides is 3. The normalized spacial score (nSPS) is 20.5. The molecule has 0 aromatic carbocycles. The molecule has 0 aromatic heterocycles. The molecule has 0 radical (unpaired) electrons. The highest BCUT2D eigenvalue weighted by Gasteiger charge is 2.25. The van der Waals surface area contributed by atoms with Crippen LogP contribution in [0.5, 0.6) is 0 Å². The van der Waals surface area contributed by atoms with Gasteiger partial charge < -0.3 is 26.2 Å². The lowest BCUT2D eigenvalue weighted by molar-refractivity contribution is -0.139. The van der Waals surface area contributed by atoms with Crippen molar-refractivity contribution in [2.24, 2.45) is 0 Å².